The topological polar surface area (TPSA) is 43.6 Å². The largest absolute Gasteiger partial charge is 0.278 e. The number of para-hydroxylation sites is 2. The van der Waals surface area contributed by atoms with Crippen LogP contribution in [0.4, 0.5) is 0 Å². The molecule has 0 aliphatic rings. The smallest absolute Gasteiger partial charge is 0.238 e. The molecule has 2 aromatic heterocycles. The van der Waals surface area contributed by atoms with Crippen LogP contribution in [0.1, 0.15) is 11.0 Å². The summed E-state index contributed by atoms with van der Waals surface area (Å²) in [5.41, 5.74) is 1.57. The molecule has 0 N–H and O–H groups in total. The van der Waals surface area contributed by atoms with E-state index in [0.717, 1.165) is 52.9 Å². The van der Waals surface area contributed by atoms with Crippen molar-refractivity contribution in [1.29, 1.82) is 0 Å². The van der Waals surface area contributed by atoms with Crippen LogP contribution in [-0.2, 0) is 0 Å². The average molecular weight is 923 g/mol. The normalized spacial score (nSPS) is 13.4. The molecule has 69 heavy (non-hydrogen) atoms. The van der Waals surface area contributed by atoms with Crippen LogP contribution in [0.15, 0.2) is 279 Å². The highest BCUT2D eigenvalue weighted by Crippen LogP contribution is 2.32. The maximum Gasteiger partial charge on any atom is 0.238 e. The van der Waals surface area contributed by atoms with Gasteiger partial charge in [0.1, 0.15) is 0 Å². The van der Waals surface area contributed by atoms with Crippen molar-refractivity contribution in [3.8, 4) is 28.7 Å². The van der Waals surface area contributed by atoms with Gasteiger partial charge in [-0.1, -0.05) is 267 Å². The van der Waals surface area contributed by atoms with Crippen molar-refractivity contribution in [2.75, 3.05) is 0 Å². The van der Waals surface area contributed by atoms with E-state index in [-0.39, 0.29) is 52.9 Å². The number of aromatic nitrogens is 4. The zero-order valence-electron chi connectivity index (χ0n) is 45.2. The van der Waals surface area contributed by atoms with Crippen molar-refractivity contribution in [3.05, 3.63) is 279 Å². The minimum absolute atomic E-state index is 0.0463. The first-order chi connectivity index (χ1) is 37.6. The van der Waals surface area contributed by atoms with E-state index in [1.54, 1.807) is 0 Å². The van der Waals surface area contributed by atoms with Gasteiger partial charge in [0.25, 0.3) is 0 Å². The van der Waals surface area contributed by atoms with Gasteiger partial charge in [-0.15, -0.1) is 0 Å². The molecule has 0 atom stereocenters. The minimum Gasteiger partial charge on any atom is -0.278 e. The second kappa shape index (κ2) is 17.9. The predicted molar refractivity (Wildman–Crippen MR) is 292 cm³/mol. The molecule has 0 aliphatic carbocycles. The van der Waals surface area contributed by atoms with E-state index < -0.39 is 40.3 Å². The van der Waals surface area contributed by atoms with Crippen molar-refractivity contribution < 1.29 is 11.0 Å². The predicted octanol–water partition coefficient (Wildman–Crippen LogP) is 9.06. The molecule has 0 radical (unpaired) electrons. The van der Waals surface area contributed by atoms with Crippen molar-refractivity contribution in [2.45, 2.75) is 0 Å². The van der Waals surface area contributed by atoms with Crippen LogP contribution >= 0.6 is 0 Å². The van der Waals surface area contributed by atoms with Gasteiger partial charge in [-0.05, 0) is 53.6 Å². The van der Waals surface area contributed by atoms with Gasteiger partial charge in [0.05, 0.1) is 22.0 Å². The Morgan fingerprint density at radius 3 is 0.899 bits per heavy atom. The first kappa shape index (κ1) is 33.8. The van der Waals surface area contributed by atoms with Crippen LogP contribution in [0.25, 0.3) is 50.5 Å². The highest BCUT2D eigenvalue weighted by atomic mass is 28.3. The summed E-state index contributed by atoms with van der Waals surface area (Å²) in [5.74, 6) is -0.117. The van der Waals surface area contributed by atoms with E-state index in [1.807, 2.05) is 235 Å². The van der Waals surface area contributed by atoms with Crippen LogP contribution < -0.4 is 41.5 Å². The Balaban J connectivity index is 1.31. The van der Waals surface area contributed by atoms with Crippen LogP contribution in [0, 0.1) is 0 Å². The molecule has 12 rings (SSSR count). The monoisotopic (exact) mass is 922 g/mol. The van der Waals surface area contributed by atoms with Crippen molar-refractivity contribution in [3.63, 3.8) is 0 Å². The second-order valence-corrected chi connectivity index (χ2v) is 24.3. The summed E-state index contributed by atoms with van der Waals surface area (Å²) in [6.07, 6.45) is 0. The van der Waals surface area contributed by atoms with Gasteiger partial charge < -0.3 is 0 Å². The molecule has 4 nitrogen and oxygen atoms in total. The molecule has 0 bridgehead atoms. The number of benzene rings is 10. The molecule has 10 aromatic carbocycles. The lowest BCUT2D eigenvalue weighted by atomic mass is 10.2. The Morgan fingerprint density at radius 2 is 0.580 bits per heavy atom. The van der Waals surface area contributed by atoms with Gasteiger partial charge in [-0.2, -0.15) is 9.97 Å². The van der Waals surface area contributed by atoms with Crippen molar-refractivity contribution in [1.82, 2.24) is 19.5 Å². The molecule has 6 heteroatoms. The Bertz CT molecular complexity index is 3740. The third-order valence-electron chi connectivity index (χ3n) is 13.2. The zero-order chi connectivity index (χ0) is 53.0. The van der Waals surface area contributed by atoms with E-state index in [9.17, 15) is 11.0 Å². The molecule has 2 heterocycles. The third-order valence-corrected chi connectivity index (χ3v) is 22.7. The van der Waals surface area contributed by atoms with Crippen LogP contribution in [0.3, 0.4) is 0 Å². The Labute approximate surface area is 415 Å². The summed E-state index contributed by atoms with van der Waals surface area (Å²) >= 11 is 0. The molecule has 0 amide bonds. The van der Waals surface area contributed by atoms with Gasteiger partial charge in [-0.3, -0.25) is 4.57 Å². The van der Waals surface area contributed by atoms with Gasteiger partial charge in [0.15, 0.2) is 27.8 Å². The fourth-order valence-electron chi connectivity index (χ4n) is 10.3. The number of rotatable bonds is 11. The first-order valence-electron chi connectivity index (χ1n) is 26.9. The van der Waals surface area contributed by atoms with Gasteiger partial charge in [-0.25, -0.2) is 4.98 Å². The molecular formula is C63H46N4Si2. The Hall–Kier alpha value is -8.56. The van der Waals surface area contributed by atoms with Gasteiger partial charge >= 0.3 is 0 Å². The maximum absolute atomic E-state index is 10.2. The summed E-state index contributed by atoms with van der Waals surface area (Å²) in [4.78, 5) is 16.2. The standard InChI is InChI=1S/C63H46N4Si2/c1-7-27-47(28-8-1)68(48-29-9-2-10-30-48,49-31-11-3-12-32-49)59-45-25-21-41-55(59)61-64-62(66-63(65-61)67-57-43-23-19-39-53(57)54-40-20-24-44-58(54)67)56-42-22-26-46-60(56)69(50-33-13-4-14-34-50,51-35-15-5-16-36-51)52-37-17-6-18-38-52/h1-46H/i21D,22D,25D,26D,41D,42D,45D,46D. The fourth-order valence-corrected chi connectivity index (χ4v) is 19.8. The van der Waals surface area contributed by atoms with Gasteiger partial charge in [0.2, 0.25) is 5.95 Å². The summed E-state index contributed by atoms with van der Waals surface area (Å²) < 4.78 is 80.7. The maximum atomic E-state index is 10.2. The summed E-state index contributed by atoms with van der Waals surface area (Å²) in [6, 6.07) is 71.9. The van der Waals surface area contributed by atoms with Crippen LogP contribution in [0.2, 0.25) is 0 Å². The molecule has 0 unspecified atom stereocenters. The molecule has 0 aliphatic heterocycles. The number of fused-ring (bicyclic) bond motifs is 3. The summed E-state index contributed by atoms with van der Waals surface area (Å²) in [5, 5.41) is 7.55. The molecular weight excluding hydrogens is 869 g/mol. The van der Waals surface area contributed by atoms with E-state index in [0.29, 0.717) is 10.4 Å². The highest BCUT2D eigenvalue weighted by Gasteiger charge is 2.45. The first-order valence-corrected chi connectivity index (χ1v) is 26.9. The van der Waals surface area contributed by atoms with Crippen molar-refractivity contribution >= 4 is 79.4 Å². The van der Waals surface area contributed by atoms with Crippen LogP contribution in [0.5, 0.6) is 0 Å². The summed E-state index contributed by atoms with van der Waals surface area (Å²) in [7, 11) is -7.74. The Kier molecular flexibility index (Phi) is 8.79. The van der Waals surface area contributed by atoms with E-state index in [1.165, 1.54) is 0 Å². The van der Waals surface area contributed by atoms with Crippen molar-refractivity contribution in [2.24, 2.45) is 0 Å². The fraction of sp³-hybridized carbons (Fsp3) is 0. The highest BCUT2D eigenvalue weighted by molar-refractivity contribution is 7.21. The molecule has 0 spiro atoms. The molecule has 0 fully saturated rings. The summed E-state index contributed by atoms with van der Waals surface area (Å²) in [6.45, 7) is 0. The molecule has 0 saturated heterocycles. The quantitative estimate of drug-likeness (QED) is 0.0962. The van der Waals surface area contributed by atoms with Gasteiger partial charge in [0, 0.05) is 21.9 Å². The number of hydrogen-bond donors (Lipinski definition) is 0. The lowest BCUT2D eigenvalue weighted by molar-refractivity contribution is 0.954. The number of hydrogen-bond acceptors (Lipinski definition) is 3. The zero-order valence-corrected chi connectivity index (χ0v) is 39.2. The number of nitrogens with zero attached hydrogens (tertiary/aromatic N) is 4. The SMILES string of the molecule is [2H]c1c([2H])c([2H])c([Si](c2ccccc2)(c2ccccc2)c2ccccc2)c(-c2nc(-c3c([2H])c([2H])c([2H])c([2H])c3[Si](c3ccccc3)(c3ccccc3)c3ccccc3)nc(-n3c4ccccc4c4ccccc43)n2)c1[2H]. The lowest BCUT2D eigenvalue weighted by Gasteiger charge is -2.36. The Morgan fingerprint density at radius 1 is 0.304 bits per heavy atom. The van der Waals surface area contributed by atoms with E-state index >= 15 is 0 Å². The lowest BCUT2D eigenvalue weighted by Crippen LogP contribution is -2.75. The van der Waals surface area contributed by atoms with E-state index in [2.05, 4.69) is 0 Å². The second-order valence-electron chi connectivity index (χ2n) is 16.8. The third kappa shape index (κ3) is 7.00. The minimum atomic E-state index is -3.87. The van der Waals surface area contributed by atoms with Crippen LogP contribution in [-0.4, -0.2) is 35.7 Å². The molecule has 326 valence electrons. The van der Waals surface area contributed by atoms with E-state index in [4.69, 9.17) is 15.0 Å². The molecule has 0 saturated carbocycles. The molecule has 12 aromatic rings. The average Bonchev–Trinajstić information content (AvgIpc) is 4.03.